The van der Waals surface area contributed by atoms with Gasteiger partial charge < -0.3 is 4.74 Å². The Balaban J connectivity index is 1.37. The number of thiazole rings is 1. The van der Waals surface area contributed by atoms with E-state index in [0.717, 1.165) is 16.8 Å². The van der Waals surface area contributed by atoms with Crippen LogP contribution in [0.25, 0.3) is 22.4 Å². The van der Waals surface area contributed by atoms with Gasteiger partial charge in [0.1, 0.15) is 5.75 Å². The number of carbonyl (C=O) groups is 1. The summed E-state index contributed by atoms with van der Waals surface area (Å²) in [6, 6.07) is 23.5. The third-order valence-corrected chi connectivity index (χ3v) is 5.90. The van der Waals surface area contributed by atoms with Crippen LogP contribution in [0.2, 0.25) is 5.02 Å². The van der Waals surface area contributed by atoms with Crippen LogP contribution in [0.3, 0.4) is 0 Å². The number of rotatable bonds is 6. The van der Waals surface area contributed by atoms with Gasteiger partial charge in [0.2, 0.25) is 0 Å². The maximum atomic E-state index is 12.2. The first kappa shape index (κ1) is 20.6. The highest BCUT2D eigenvalue weighted by atomic mass is 79.9. The number of hydrogen-bond acceptors (Lipinski definition) is 4. The van der Waals surface area contributed by atoms with Crippen molar-refractivity contribution in [1.82, 2.24) is 4.98 Å². The fourth-order valence-electron chi connectivity index (χ4n) is 2.82. The van der Waals surface area contributed by atoms with Crippen molar-refractivity contribution < 1.29 is 9.53 Å². The molecule has 3 aromatic carbocycles. The number of amides is 1. The monoisotopic (exact) mass is 498 g/mol. The van der Waals surface area contributed by atoms with Crippen molar-refractivity contribution in [3.05, 3.63) is 87.7 Å². The van der Waals surface area contributed by atoms with E-state index >= 15 is 0 Å². The first-order valence-electron chi connectivity index (χ1n) is 9.07. The lowest BCUT2D eigenvalue weighted by Crippen LogP contribution is -2.20. The summed E-state index contributed by atoms with van der Waals surface area (Å²) in [6.45, 7) is -0.124. The van der Waals surface area contributed by atoms with E-state index in [-0.39, 0.29) is 12.5 Å². The number of nitrogens with one attached hydrogen (secondary N) is 1. The summed E-state index contributed by atoms with van der Waals surface area (Å²) in [5.41, 5.74) is 4.13. The zero-order valence-electron chi connectivity index (χ0n) is 15.6. The van der Waals surface area contributed by atoms with Gasteiger partial charge in [-0.05, 0) is 45.3 Å². The zero-order valence-corrected chi connectivity index (χ0v) is 18.8. The highest BCUT2D eigenvalue weighted by Gasteiger charge is 2.10. The fraction of sp³-hybridized carbons (Fsp3) is 0.0435. The molecule has 0 spiro atoms. The molecule has 1 amide bonds. The average Bonchev–Trinajstić information content (AvgIpc) is 3.22. The molecule has 4 aromatic rings. The molecule has 0 bridgehead atoms. The van der Waals surface area contributed by atoms with Gasteiger partial charge in [0.25, 0.3) is 5.91 Å². The van der Waals surface area contributed by atoms with Crippen molar-refractivity contribution in [2.45, 2.75) is 0 Å². The van der Waals surface area contributed by atoms with Gasteiger partial charge in [0.15, 0.2) is 11.7 Å². The number of ether oxygens (including phenoxy) is 1. The molecule has 0 atom stereocenters. The summed E-state index contributed by atoms with van der Waals surface area (Å²) in [5, 5.41) is 5.81. The van der Waals surface area contributed by atoms with Crippen LogP contribution in [-0.4, -0.2) is 17.5 Å². The number of halogens is 2. The van der Waals surface area contributed by atoms with Crippen LogP contribution >= 0.6 is 38.9 Å². The van der Waals surface area contributed by atoms with Gasteiger partial charge in [-0.15, -0.1) is 11.3 Å². The standard InChI is InChI=1S/C23H16BrClN2O2S/c24-19-12-18(25)10-11-21(19)29-13-22(28)27-23-26-20(14-30-23)17-8-6-16(7-9-17)15-4-2-1-3-5-15/h1-12,14H,13H2,(H,26,27,28). The Labute approximate surface area is 191 Å². The highest BCUT2D eigenvalue weighted by molar-refractivity contribution is 9.10. The Morgan fingerprint density at radius 2 is 1.70 bits per heavy atom. The summed E-state index contributed by atoms with van der Waals surface area (Å²) in [4.78, 5) is 16.7. The van der Waals surface area contributed by atoms with E-state index in [1.54, 1.807) is 18.2 Å². The minimum atomic E-state index is -0.280. The predicted octanol–water partition coefficient (Wildman–Crippen LogP) is 6.91. The second-order valence-corrected chi connectivity index (χ2v) is 8.54. The van der Waals surface area contributed by atoms with Gasteiger partial charge >= 0.3 is 0 Å². The molecule has 1 heterocycles. The molecule has 0 fully saturated rings. The average molecular weight is 500 g/mol. The molecule has 0 saturated carbocycles. The number of hydrogen-bond donors (Lipinski definition) is 1. The molecule has 0 radical (unpaired) electrons. The molecule has 0 aliphatic rings. The molecule has 1 aromatic heterocycles. The van der Waals surface area contributed by atoms with E-state index in [1.165, 1.54) is 16.9 Å². The van der Waals surface area contributed by atoms with E-state index in [0.29, 0.717) is 20.4 Å². The van der Waals surface area contributed by atoms with Crippen LogP contribution in [0, 0.1) is 0 Å². The van der Waals surface area contributed by atoms with E-state index in [1.807, 2.05) is 35.7 Å². The normalized spacial score (nSPS) is 10.6. The molecule has 7 heteroatoms. The molecule has 150 valence electrons. The molecule has 0 aliphatic heterocycles. The van der Waals surface area contributed by atoms with Crippen molar-refractivity contribution >= 4 is 49.9 Å². The van der Waals surface area contributed by atoms with Crippen LogP contribution in [0.15, 0.2) is 82.6 Å². The number of benzene rings is 3. The first-order valence-corrected chi connectivity index (χ1v) is 11.1. The summed E-state index contributed by atoms with van der Waals surface area (Å²) in [6.07, 6.45) is 0. The second-order valence-electron chi connectivity index (χ2n) is 6.39. The summed E-state index contributed by atoms with van der Waals surface area (Å²) in [7, 11) is 0. The van der Waals surface area contributed by atoms with Gasteiger partial charge in [-0.1, -0.05) is 66.2 Å². The van der Waals surface area contributed by atoms with E-state index in [9.17, 15) is 4.79 Å². The molecule has 4 rings (SSSR count). The van der Waals surface area contributed by atoms with Crippen molar-refractivity contribution in [1.29, 1.82) is 0 Å². The van der Waals surface area contributed by atoms with Crippen LogP contribution in [0.5, 0.6) is 5.75 Å². The number of nitrogens with zero attached hydrogens (tertiary/aromatic N) is 1. The van der Waals surface area contributed by atoms with E-state index < -0.39 is 0 Å². The highest BCUT2D eigenvalue weighted by Crippen LogP contribution is 2.29. The summed E-state index contributed by atoms with van der Waals surface area (Å²) in [5.74, 6) is 0.269. The van der Waals surface area contributed by atoms with Crippen LogP contribution < -0.4 is 10.1 Å². The summed E-state index contributed by atoms with van der Waals surface area (Å²) < 4.78 is 6.22. The van der Waals surface area contributed by atoms with Crippen molar-refractivity contribution in [2.75, 3.05) is 11.9 Å². The minimum absolute atomic E-state index is 0.124. The van der Waals surface area contributed by atoms with Crippen LogP contribution in [0.4, 0.5) is 5.13 Å². The third kappa shape index (κ3) is 5.08. The number of aromatic nitrogens is 1. The quantitative estimate of drug-likeness (QED) is 0.313. The van der Waals surface area contributed by atoms with Crippen molar-refractivity contribution in [2.24, 2.45) is 0 Å². The van der Waals surface area contributed by atoms with E-state index in [4.69, 9.17) is 16.3 Å². The van der Waals surface area contributed by atoms with Gasteiger partial charge in [0, 0.05) is 16.0 Å². The Kier molecular flexibility index (Phi) is 6.47. The Hall–Kier alpha value is -2.67. The smallest absolute Gasteiger partial charge is 0.264 e. The molecule has 30 heavy (non-hydrogen) atoms. The van der Waals surface area contributed by atoms with Crippen molar-refractivity contribution in [3.63, 3.8) is 0 Å². The lowest BCUT2D eigenvalue weighted by Gasteiger charge is -2.08. The number of carbonyl (C=O) groups excluding carboxylic acids is 1. The van der Waals surface area contributed by atoms with Gasteiger partial charge in [0.05, 0.1) is 10.2 Å². The molecule has 0 saturated heterocycles. The molecule has 1 N–H and O–H groups in total. The van der Waals surface area contributed by atoms with Gasteiger partial charge in [-0.25, -0.2) is 4.98 Å². The maximum Gasteiger partial charge on any atom is 0.264 e. The third-order valence-electron chi connectivity index (χ3n) is 4.29. The summed E-state index contributed by atoms with van der Waals surface area (Å²) >= 11 is 10.6. The predicted molar refractivity (Wildman–Crippen MR) is 126 cm³/mol. The molecule has 0 unspecified atom stereocenters. The largest absolute Gasteiger partial charge is 0.483 e. The van der Waals surface area contributed by atoms with Crippen molar-refractivity contribution in [3.8, 4) is 28.1 Å². The zero-order chi connectivity index (χ0) is 20.9. The SMILES string of the molecule is O=C(COc1ccc(Cl)cc1Br)Nc1nc(-c2ccc(-c3ccccc3)cc2)cs1. The molecular formula is C23H16BrClN2O2S. The minimum Gasteiger partial charge on any atom is -0.483 e. The van der Waals surface area contributed by atoms with Gasteiger partial charge in [-0.3, -0.25) is 10.1 Å². The Bertz CT molecular complexity index is 1160. The number of anilines is 1. The Morgan fingerprint density at radius 3 is 2.43 bits per heavy atom. The second kappa shape index (κ2) is 9.43. The lowest BCUT2D eigenvalue weighted by atomic mass is 10.0. The van der Waals surface area contributed by atoms with Crippen LogP contribution in [-0.2, 0) is 4.79 Å². The maximum absolute atomic E-state index is 12.2. The fourth-order valence-corrected chi connectivity index (χ4v) is 4.35. The van der Waals surface area contributed by atoms with Gasteiger partial charge in [-0.2, -0.15) is 0 Å². The van der Waals surface area contributed by atoms with E-state index in [2.05, 4.69) is 50.5 Å². The molecular weight excluding hydrogens is 484 g/mol. The van der Waals surface area contributed by atoms with Crippen LogP contribution in [0.1, 0.15) is 0 Å². The molecule has 4 nitrogen and oxygen atoms in total. The molecule has 0 aliphatic carbocycles. The Morgan fingerprint density at radius 1 is 1.00 bits per heavy atom. The topological polar surface area (TPSA) is 51.2 Å². The lowest BCUT2D eigenvalue weighted by molar-refractivity contribution is -0.118. The first-order chi connectivity index (χ1) is 14.6.